The molecule has 0 aromatic carbocycles. The van der Waals surface area contributed by atoms with Crippen LogP contribution in [0.1, 0.15) is 18.6 Å². The van der Waals surface area contributed by atoms with E-state index in [1.807, 2.05) is 6.07 Å². The Morgan fingerprint density at radius 3 is 3.25 bits per heavy atom. The number of hydrogen-bond donors (Lipinski definition) is 2. The number of carbonyl (C=O) groups excluding carboxylic acids is 1. The number of nitrogens with zero attached hydrogens (tertiary/aromatic N) is 1. The van der Waals surface area contributed by atoms with E-state index >= 15 is 0 Å². The first-order valence-electron chi connectivity index (χ1n) is 5.49. The number of amides is 2. The Morgan fingerprint density at radius 1 is 1.69 bits per heavy atom. The molecule has 0 saturated carbocycles. The number of piperidine rings is 1. The molecule has 5 heteroatoms. The lowest BCUT2D eigenvalue weighted by Crippen LogP contribution is -2.46. The zero-order valence-electron chi connectivity index (χ0n) is 9.06. The maximum Gasteiger partial charge on any atom is 0.317 e. The highest BCUT2D eigenvalue weighted by molar-refractivity contribution is 5.74. The lowest BCUT2D eigenvalue weighted by molar-refractivity contribution is 0.0840. The molecule has 2 N–H and O–H groups in total. The molecular weight excluding hydrogens is 208 g/mol. The molecule has 2 amide bonds. The van der Waals surface area contributed by atoms with E-state index in [4.69, 9.17) is 4.42 Å². The van der Waals surface area contributed by atoms with Crippen molar-refractivity contribution >= 4 is 6.03 Å². The highest BCUT2D eigenvalue weighted by Crippen LogP contribution is 2.09. The molecule has 2 rings (SSSR count). The Labute approximate surface area is 94.0 Å². The smallest absolute Gasteiger partial charge is 0.317 e. The third-order valence-corrected chi connectivity index (χ3v) is 2.68. The van der Waals surface area contributed by atoms with Gasteiger partial charge >= 0.3 is 6.03 Å². The van der Waals surface area contributed by atoms with E-state index in [9.17, 15) is 9.90 Å². The number of aliphatic hydroxyl groups is 1. The molecule has 2 heterocycles. The Hall–Kier alpha value is -1.49. The summed E-state index contributed by atoms with van der Waals surface area (Å²) in [6, 6.07) is 3.45. The van der Waals surface area contributed by atoms with Crippen molar-refractivity contribution in [1.29, 1.82) is 0 Å². The number of rotatable bonds is 2. The fourth-order valence-electron chi connectivity index (χ4n) is 1.83. The van der Waals surface area contributed by atoms with E-state index in [1.54, 1.807) is 17.2 Å². The molecule has 1 aliphatic heterocycles. The molecule has 88 valence electrons. The zero-order valence-corrected chi connectivity index (χ0v) is 9.06. The van der Waals surface area contributed by atoms with E-state index < -0.39 is 0 Å². The van der Waals surface area contributed by atoms with Crippen LogP contribution in [-0.2, 0) is 6.54 Å². The molecule has 1 aliphatic rings. The minimum absolute atomic E-state index is 0.143. The van der Waals surface area contributed by atoms with Crippen LogP contribution < -0.4 is 5.32 Å². The summed E-state index contributed by atoms with van der Waals surface area (Å²) < 4.78 is 5.11. The normalized spacial score (nSPS) is 20.8. The number of carbonyl (C=O) groups is 1. The summed E-state index contributed by atoms with van der Waals surface area (Å²) in [5.74, 6) is 0.728. The van der Waals surface area contributed by atoms with Crippen LogP contribution in [0.5, 0.6) is 0 Å². The van der Waals surface area contributed by atoms with Crippen molar-refractivity contribution in [2.24, 2.45) is 0 Å². The highest BCUT2D eigenvalue weighted by Gasteiger charge is 2.21. The standard InChI is InChI=1S/C11H16N2O3/c14-9-3-1-5-13(8-9)11(15)12-7-10-4-2-6-16-10/h2,4,6,9,14H,1,3,5,7-8H2,(H,12,15). The number of likely N-dealkylation sites (tertiary alicyclic amines) is 1. The van der Waals surface area contributed by atoms with Gasteiger partial charge in [-0.05, 0) is 25.0 Å². The van der Waals surface area contributed by atoms with Gasteiger partial charge in [0, 0.05) is 13.1 Å². The van der Waals surface area contributed by atoms with Gasteiger partial charge in [0.2, 0.25) is 0 Å². The van der Waals surface area contributed by atoms with Crippen molar-refractivity contribution in [3.63, 3.8) is 0 Å². The van der Waals surface area contributed by atoms with Crippen LogP contribution in [0.25, 0.3) is 0 Å². The van der Waals surface area contributed by atoms with E-state index in [-0.39, 0.29) is 12.1 Å². The summed E-state index contributed by atoms with van der Waals surface area (Å²) in [6.07, 6.45) is 2.83. The summed E-state index contributed by atoms with van der Waals surface area (Å²) in [4.78, 5) is 13.3. The van der Waals surface area contributed by atoms with Crippen molar-refractivity contribution in [3.8, 4) is 0 Å². The van der Waals surface area contributed by atoms with Crippen LogP contribution in [0.2, 0.25) is 0 Å². The van der Waals surface area contributed by atoms with Gasteiger partial charge in [0.05, 0.1) is 18.9 Å². The molecule has 0 bridgehead atoms. The van der Waals surface area contributed by atoms with Crippen molar-refractivity contribution in [2.75, 3.05) is 13.1 Å². The largest absolute Gasteiger partial charge is 0.467 e. The summed E-state index contributed by atoms with van der Waals surface area (Å²) >= 11 is 0. The Balaban J connectivity index is 1.79. The van der Waals surface area contributed by atoms with E-state index in [0.29, 0.717) is 19.6 Å². The van der Waals surface area contributed by atoms with Crippen LogP contribution in [0, 0.1) is 0 Å². The van der Waals surface area contributed by atoms with Gasteiger partial charge in [0.25, 0.3) is 0 Å². The Bertz CT molecular complexity index is 337. The molecule has 1 fully saturated rings. The van der Waals surface area contributed by atoms with Gasteiger partial charge < -0.3 is 19.7 Å². The molecule has 5 nitrogen and oxygen atoms in total. The third-order valence-electron chi connectivity index (χ3n) is 2.68. The number of furan rings is 1. The molecule has 1 aromatic rings. The maximum atomic E-state index is 11.7. The molecule has 16 heavy (non-hydrogen) atoms. The summed E-state index contributed by atoms with van der Waals surface area (Å²) in [5, 5.41) is 12.2. The molecule has 1 atom stereocenters. The molecule has 0 aliphatic carbocycles. The molecule has 0 spiro atoms. The Kier molecular flexibility index (Phi) is 3.46. The van der Waals surface area contributed by atoms with Crippen LogP contribution in [-0.4, -0.2) is 35.2 Å². The summed E-state index contributed by atoms with van der Waals surface area (Å²) in [5.41, 5.74) is 0. The Morgan fingerprint density at radius 2 is 2.56 bits per heavy atom. The molecule has 1 saturated heterocycles. The molecule has 1 aromatic heterocycles. The van der Waals surface area contributed by atoms with Gasteiger partial charge in [0.15, 0.2) is 0 Å². The van der Waals surface area contributed by atoms with Crippen LogP contribution >= 0.6 is 0 Å². The predicted molar refractivity (Wildman–Crippen MR) is 57.8 cm³/mol. The summed E-state index contributed by atoms with van der Waals surface area (Å²) in [7, 11) is 0. The molecule has 1 unspecified atom stereocenters. The number of hydrogen-bond acceptors (Lipinski definition) is 3. The van der Waals surface area contributed by atoms with Gasteiger partial charge in [-0.2, -0.15) is 0 Å². The fourth-order valence-corrected chi connectivity index (χ4v) is 1.83. The first-order chi connectivity index (χ1) is 7.75. The maximum absolute atomic E-state index is 11.7. The van der Waals surface area contributed by atoms with Gasteiger partial charge in [-0.1, -0.05) is 0 Å². The minimum atomic E-state index is -0.386. The number of urea groups is 1. The predicted octanol–water partition coefficient (Wildman–Crippen LogP) is 0.946. The van der Waals surface area contributed by atoms with Gasteiger partial charge in [-0.3, -0.25) is 0 Å². The monoisotopic (exact) mass is 224 g/mol. The van der Waals surface area contributed by atoms with Crippen LogP contribution in [0.4, 0.5) is 4.79 Å². The second-order valence-corrected chi connectivity index (χ2v) is 3.98. The highest BCUT2D eigenvalue weighted by atomic mass is 16.3. The van der Waals surface area contributed by atoms with Crippen LogP contribution in [0.3, 0.4) is 0 Å². The third kappa shape index (κ3) is 2.76. The second kappa shape index (κ2) is 5.03. The zero-order chi connectivity index (χ0) is 11.4. The van der Waals surface area contributed by atoms with Crippen LogP contribution in [0.15, 0.2) is 22.8 Å². The fraction of sp³-hybridized carbons (Fsp3) is 0.545. The first kappa shape index (κ1) is 11.0. The van der Waals surface area contributed by atoms with E-state index in [2.05, 4.69) is 5.32 Å². The van der Waals surface area contributed by atoms with E-state index in [1.165, 1.54) is 0 Å². The van der Waals surface area contributed by atoms with Crippen molar-refractivity contribution < 1.29 is 14.3 Å². The quantitative estimate of drug-likeness (QED) is 0.786. The number of nitrogens with one attached hydrogen (secondary N) is 1. The topological polar surface area (TPSA) is 65.7 Å². The van der Waals surface area contributed by atoms with Gasteiger partial charge in [-0.15, -0.1) is 0 Å². The average molecular weight is 224 g/mol. The van der Waals surface area contributed by atoms with E-state index in [0.717, 1.165) is 18.6 Å². The van der Waals surface area contributed by atoms with Crippen molar-refractivity contribution in [3.05, 3.63) is 24.2 Å². The second-order valence-electron chi connectivity index (χ2n) is 3.98. The number of β-amino-alcohol motifs (C(OH)–C–C–N with tert-alkyl or cyclic N) is 1. The van der Waals surface area contributed by atoms with Gasteiger partial charge in [0.1, 0.15) is 5.76 Å². The lowest BCUT2D eigenvalue weighted by atomic mass is 10.1. The first-order valence-corrected chi connectivity index (χ1v) is 5.49. The summed E-state index contributed by atoms with van der Waals surface area (Å²) in [6.45, 7) is 1.52. The molecular formula is C11H16N2O3. The molecule has 0 radical (unpaired) electrons. The van der Waals surface area contributed by atoms with Crippen molar-refractivity contribution in [1.82, 2.24) is 10.2 Å². The SMILES string of the molecule is O=C(NCc1ccco1)N1CCCC(O)C1. The van der Waals surface area contributed by atoms with Gasteiger partial charge in [-0.25, -0.2) is 4.79 Å². The van der Waals surface area contributed by atoms with Crippen molar-refractivity contribution in [2.45, 2.75) is 25.5 Å². The lowest BCUT2D eigenvalue weighted by Gasteiger charge is -2.29. The minimum Gasteiger partial charge on any atom is -0.467 e. The average Bonchev–Trinajstić information content (AvgIpc) is 2.78. The number of aliphatic hydroxyl groups excluding tert-OH is 1.